The largest absolute Gasteiger partial charge is 0.465 e. The van der Waals surface area contributed by atoms with Crippen LogP contribution in [-0.2, 0) is 19.0 Å². The van der Waals surface area contributed by atoms with Gasteiger partial charge in [0.15, 0.2) is 0 Å². The van der Waals surface area contributed by atoms with Crippen LogP contribution in [0, 0.1) is 0 Å². The van der Waals surface area contributed by atoms with Gasteiger partial charge in [-0.2, -0.15) is 0 Å². The highest BCUT2D eigenvalue weighted by atomic mass is 16.6. The van der Waals surface area contributed by atoms with Crippen LogP contribution in [0.2, 0.25) is 0 Å². The molecule has 94 valence electrons. The summed E-state index contributed by atoms with van der Waals surface area (Å²) < 4.78 is 15.4. The molecule has 1 saturated heterocycles. The Labute approximate surface area is 96.2 Å². The highest BCUT2D eigenvalue weighted by Gasteiger charge is 2.29. The van der Waals surface area contributed by atoms with Crippen LogP contribution in [0.1, 0.15) is 26.7 Å². The van der Waals surface area contributed by atoms with Crippen molar-refractivity contribution >= 4 is 5.97 Å². The van der Waals surface area contributed by atoms with Crippen molar-refractivity contribution in [3.8, 4) is 0 Å². The van der Waals surface area contributed by atoms with E-state index in [1.165, 1.54) is 0 Å². The van der Waals surface area contributed by atoms with Gasteiger partial charge < -0.3 is 19.9 Å². The number of ether oxygens (including phenoxy) is 3. The van der Waals surface area contributed by atoms with E-state index in [1.807, 2.05) is 0 Å². The molecule has 2 N–H and O–H groups in total. The molecule has 0 spiro atoms. The van der Waals surface area contributed by atoms with Crippen LogP contribution < -0.4 is 5.73 Å². The number of hydrogen-bond acceptors (Lipinski definition) is 5. The third-order valence-corrected chi connectivity index (χ3v) is 2.54. The minimum absolute atomic E-state index is 0.228. The highest BCUT2D eigenvalue weighted by Crippen LogP contribution is 2.13. The Balaban J connectivity index is 2.11. The number of hydrogen-bond donors (Lipinski definition) is 1. The summed E-state index contributed by atoms with van der Waals surface area (Å²) in [6, 6.07) is 0. The minimum Gasteiger partial charge on any atom is -0.465 e. The van der Waals surface area contributed by atoms with E-state index >= 15 is 0 Å². The lowest BCUT2D eigenvalue weighted by molar-refractivity contribution is -0.150. The molecule has 0 radical (unpaired) electrons. The second-order valence-corrected chi connectivity index (χ2v) is 4.27. The van der Waals surface area contributed by atoms with Crippen LogP contribution in [0.4, 0.5) is 0 Å². The van der Waals surface area contributed by atoms with Crippen molar-refractivity contribution in [2.24, 2.45) is 5.73 Å². The summed E-state index contributed by atoms with van der Waals surface area (Å²) in [4.78, 5) is 11.5. The van der Waals surface area contributed by atoms with E-state index in [1.54, 1.807) is 13.8 Å². The summed E-state index contributed by atoms with van der Waals surface area (Å²) in [5.74, 6) is -0.345. The summed E-state index contributed by atoms with van der Waals surface area (Å²) in [5, 5.41) is 0. The maximum atomic E-state index is 11.5. The van der Waals surface area contributed by atoms with Crippen molar-refractivity contribution in [3.63, 3.8) is 0 Å². The topological polar surface area (TPSA) is 70.8 Å². The summed E-state index contributed by atoms with van der Waals surface area (Å²) >= 11 is 0. The van der Waals surface area contributed by atoms with Crippen molar-refractivity contribution in [2.45, 2.75) is 38.3 Å². The second-order valence-electron chi connectivity index (χ2n) is 4.27. The van der Waals surface area contributed by atoms with E-state index in [0.717, 1.165) is 6.42 Å². The molecule has 0 amide bonds. The molecule has 1 aliphatic rings. The van der Waals surface area contributed by atoms with Crippen LogP contribution in [0.3, 0.4) is 0 Å². The molecule has 0 aromatic carbocycles. The van der Waals surface area contributed by atoms with Gasteiger partial charge in [-0.15, -0.1) is 0 Å². The number of rotatable bonds is 7. The van der Waals surface area contributed by atoms with Gasteiger partial charge in [-0.3, -0.25) is 4.79 Å². The van der Waals surface area contributed by atoms with Crippen LogP contribution >= 0.6 is 0 Å². The number of carbonyl (C=O) groups excluding carboxylic acids is 1. The summed E-state index contributed by atoms with van der Waals surface area (Å²) in [6.07, 6.45) is 1.55. The van der Waals surface area contributed by atoms with E-state index in [9.17, 15) is 4.79 Å². The molecular weight excluding hydrogens is 210 g/mol. The molecule has 1 heterocycles. The van der Waals surface area contributed by atoms with Gasteiger partial charge in [0.05, 0.1) is 19.8 Å². The molecule has 5 heteroatoms. The van der Waals surface area contributed by atoms with Crippen molar-refractivity contribution in [1.82, 2.24) is 0 Å². The SMILES string of the molecule is CCOC(=O)C(C)(N)CCCOC1COC1. The normalized spacial score (nSPS) is 19.9. The van der Waals surface area contributed by atoms with Crippen LogP contribution in [0.15, 0.2) is 0 Å². The maximum absolute atomic E-state index is 11.5. The first-order valence-electron chi connectivity index (χ1n) is 5.71. The lowest BCUT2D eigenvalue weighted by atomic mass is 9.98. The zero-order valence-corrected chi connectivity index (χ0v) is 10.0. The fourth-order valence-corrected chi connectivity index (χ4v) is 1.40. The standard InChI is InChI=1S/C11H21NO4/c1-3-15-10(13)11(2,12)5-4-6-16-9-7-14-8-9/h9H,3-8,12H2,1-2H3. The molecule has 5 nitrogen and oxygen atoms in total. The monoisotopic (exact) mass is 231 g/mol. The van der Waals surface area contributed by atoms with E-state index in [-0.39, 0.29) is 12.1 Å². The Kier molecular flexibility index (Phi) is 5.18. The Morgan fingerprint density at radius 2 is 2.25 bits per heavy atom. The van der Waals surface area contributed by atoms with Crippen molar-refractivity contribution < 1.29 is 19.0 Å². The number of carbonyl (C=O) groups is 1. The molecule has 1 atom stereocenters. The lowest BCUT2D eigenvalue weighted by Crippen LogP contribution is -2.46. The smallest absolute Gasteiger partial charge is 0.325 e. The predicted molar refractivity (Wildman–Crippen MR) is 59.0 cm³/mol. The van der Waals surface area contributed by atoms with Crippen LogP contribution in [-0.4, -0.2) is 44.0 Å². The average Bonchev–Trinajstić information content (AvgIpc) is 2.15. The fraction of sp³-hybridized carbons (Fsp3) is 0.909. The average molecular weight is 231 g/mol. The highest BCUT2D eigenvalue weighted by molar-refractivity contribution is 5.79. The van der Waals surface area contributed by atoms with Gasteiger partial charge in [0.1, 0.15) is 11.6 Å². The van der Waals surface area contributed by atoms with Crippen LogP contribution in [0.25, 0.3) is 0 Å². The van der Waals surface area contributed by atoms with E-state index in [0.29, 0.717) is 32.8 Å². The van der Waals surface area contributed by atoms with Crippen molar-refractivity contribution in [2.75, 3.05) is 26.4 Å². The first-order chi connectivity index (χ1) is 7.56. The second kappa shape index (κ2) is 6.18. The molecule has 0 aromatic rings. The Morgan fingerprint density at radius 3 is 2.75 bits per heavy atom. The number of nitrogens with two attached hydrogens (primary N) is 1. The Hall–Kier alpha value is -0.650. The van der Waals surface area contributed by atoms with Crippen LogP contribution in [0.5, 0.6) is 0 Å². The van der Waals surface area contributed by atoms with Crippen molar-refractivity contribution in [3.05, 3.63) is 0 Å². The van der Waals surface area contributed by atoms with Gasteiger partial charge in [-0.25, -0.2) is 0 Å². The molecular formula is C11H21NO4. The van der Waals surface area contributed by atoms with Gasteiger partial charge in [0, 0.05) is 6.61 Å². The van der Waals surface area contributed by atoms with Gasteiger partial charge in [-0.1, -0.05) is 0 Å². The summed E-state index contributed by atoms with van der Waals surface area (Å²) in [6.45, 7) is 5.79. The summed E-state index contributed by atoms with van der Waals surface area (Å²) in [5.41, 5.74) is 4.95. The molecule has 0 bridgehead atoms. The zero-order chi connectivity index (χ0) is 12.0. The zero-order valence-electron chi connectivity index (χ0n) is 10.0. The first kappa shape index (κ1) is 13.4. The first-order valence-corrected chi connectivity index (χ1v) is 5.71. The molecule has 1 unspecified atom stereocenters. The predicted octanol–water partition coefficient (Wildman–Crippen LogP) is 0.463. The molecule has 0 saturated carbocycles. The van der Waals surface area contributed by atoms with Gasteiger partial charge in [0.2, 0.25) is 0 Å². The minimum atomic E-state index is -0.907. The lowest BCUT2D eigenvalue weighted by Gasteiger charge is -2.27. The molecule has 1 aliphatic heterocycles. The molecule has 16 heavy (non-hydrogen) atoms. The van der Waals surface area contributed by atoms with E-state index < -0.39 is 5.54 Å². The summed E-state index contributed by atoms with van der Waals surface area (Å²) in [7, 11) is 0. The third-order valence-electron chi connectivity index (χ3n) is 2.54. The van der Waals surface area contributed by atoms with Crippen molar-refractivity contribution in [1.29, 1.82) is 0 Å². The molecule has 0 aliphatic carbocycles. The molecule has 1 fully saturated rings. The van der Waals surface area contributed by atoms with Gasteiger partial charge in [0.25, 0.3) is 0 Å². The third kappa shape index (κ3) is 4.08. The maximum Gasteiger partial charge on any atom is 0.325 e. The fourth-order valence-electron chi connectivity index (χ4n) is 1.40. The van der Waals surface area contributed by atoms with Gasteiger partial charge >= 0.3 is 5.97 Å². The van der Waals surface area contributed by atoms with E-state index in [2.05, 4.69) is 0 Å². The number of esters is 1. The van der Waals surface area contributed by atoms with E-state index in [4.69, 9.17) is 19.9 Å². The Bertz CT molecular complexity index is 226. The van der Waals surface area contributed by atoms with Gasteiger partial charge in [-0.05, 0) is 26.7 Å². The molecule has 0 aromatic heterocycles. The quantitative estimate of drug-likeness (QED) is 0.509. The Morgan fingerprint density at radius 1 is 1.56 bits per heavy atom. The molecule has 1 rings (SSSR count).